The van der Waals surface area contributed by atoms with Gasteiger partial charge in [-0.1, -0.05) is 58.4 Å². The minimum Gasteiger partial charge on any atom is -0.300 e. The summed E-state index contributed by atoms with van der Waals surface area (Å²) in [7, 11) is 0. The summed E-state index contributed by atoms with van der Waals surface area (Å²) in [6.07, 6.45) is 14.7. The molecule has 0 heterocycles. The molecule has 0 aromatic carbocycles. The molecular formula is C28H44O. The first-order chi connectivity index (χ1) is 13.7. The number of allylic oxidation sites excluding steroid dienone is 3. The van der Waals surface area contributed by atoms with Gasteiger partial charge in [0.2, 0.25) is 0 Å². The number of fused-ring (bicyclic) bond motifs is 5. The molecule has 0 amide bonds. The summed E-state index contributed by atoms with van der Waals surface area (Å²) in [5.74, 6) is 4.97. The molecule has 0 N–H and O–H groups in total. The van der Waals surface area contributed by atoms with Crippen LogP contribution in [0.25, 0.3) is 0 Å². The van der Waals surface area contributed by atoms with Crippen LogP contribution in [0.4, 0.5) is 0 Å². The Labute approximate surface area is 179 Å². The first-order valence-corrected chi connectivity index (χ1v) is 12.6. The van der Waals surface area contributed by atoms with Gasteiger partial charge in [0.05, 0.1) is 0 Å². The molecule has 4 aliphatic rings. The Balaban J connectivity index is 1.51. The monoisotopic (exact) mass is 396 g/mol. The standard InChI is InChI=1S/C28H44O/c1-18(2)19(3)7-8-20(4)24-11-12-25-23-10-9-21-17-22(29)13-15-27(21,5)26(23)14-16-28(24,25)6/h10,18,20-21,24-26H,3,7-9,11-17H2,1-2,4-6H3. The van der Waals surface area contributed by atoms with Crippen LogP contribution in [0.2, 0.25) is 0 Å². The molecule has 3 fully saturated rings. The van der Waals surface area contributed by atoms with Crippen molar-refractivity contribution in [3.63, 3.8) is 0 Å². The van der Waals surface area contributed by atoms with Crippen molar-refractivity contribution in [3.05, 3.63) is 23.8 Å². The van der Waals surface area contributed by atoms with E-state index < -0.39 is 0 Å². The molecule has 7 atom stereocenters. The normalized spacial score (nSPS) is 42.7. The van der Waals surface area contributed by atoms with Gasteiger partial charge >= 0.3 is 0 Å². The van der Waals surface area contributed by atoms with Gasteiger partial charge in [0.25, 0.3) is 0 Å². The number of hydrogen-bond donors (Lipinski definition) is 0. The van der Waals surface area contributed by atoms with Crippen molar-refractivity contribution in [2.24, 2.45) is 46.3 Å². The molecule has 0 saturated heterocycles. The lowest BCUT2D eigenvalue weighted by molar-refractivity contribution is -0.127. The maximum atomic E-state index is 12.1. The fourth-order valence-electron chi connectivity index (χ4n) is 8.18. The van der Waals surface area contributed by atoms with Gasteiger partial charge in [0.15, 0.2) is 0 Å². The highest BCUT2D eigenvalue weighted by Crippen LogP contribution is 2.66. The summed E-state index contributed by atoms with van der Waals surface area (Å²) in [6, 6.07) is 0. The lowest BCUT2D eigenvalue weighted by Crippen LogP contribution is -2.49. The molecule has 4 aliphatic carbocycles. The van der Waals surface area contributed by atoms with Gasteiger partial charge in [-0.3, -0.25) is 4.79 Å². The van der Waals surface area contributed by atoms with Crippen molar-refractivity contribution >= 4 is 5.78 Å². The zero-order valence-electron chi connectivity index (χ0n) is 19.7. The third-order valence-corrected chi connectivity index (χ3v) is 10.4. The maximum Gasteiger partial charge on any atom is 0.133 e. The smallest absolute Gasteiger partial charge is 0.133 e. The van der Waals surface area contributed by atoms with Crippen LogP contribution in [0.1, 0.15) is 98.8 Å². The van der Waals surface area contributed by atoms with E-state index in [1.165, 1.54) is 44.1 Å². The molecular weight excluding hydrogens is 352 g/mol. The Hall–Kier alpha value is -0.850. The van der Waals surface area contributed by atoms with Crippen LogP contribution in [0.15, 0.2) is 23.8 Å². The van der Waals surface area contributed by atoms with Crippen LogP contribution in [-0.4, -0.2) is 5.78 Å². The van der Waals surface area contributed by atoms with Crippen molar-refractivity contribution in [3.8, 4) is 0 Å². The molecule has 0 aromatic heterocycles. The minimum atomic E-state index is 0.387. The molecule has 0 spiro atoms. The Morgan fingerprint density at radius 1 is 1.10 bits per heavy atom. The van der Waals surface area contributed by atoms with Crippen LogP contribution < -0.4 is 0 Å². The van der Waals surface area contributed by atoms with Crippen molar-refractivity contribution in [2.75, 3.05) is 0 Å². The fourth-order valence-corrected chi connectivity index (χ4v) is 8.18. The van der Waals surface area contributed by atoms with Crippen LogP contribution in [0.5, 0.6) is 0 Å². The van der Waals surface area contributed by atoms with E-state index in [1.54, 1.807) is 0 Å². The highest BCUT2D eigenvalue weighted by molar-refractivity contribution is 5.79. The second kappa shape index (κ2) is 7.69. The minimum absolute atomic E-state index is 0.387. The van der Waals surface area contributed by atoms with Gasteiger partial charge in [-0.2, -0.15) is 0 Å². The number of rotatable bonds is 5. The predicted molar refractivity (Wildman–Crippen MR) is 123 cm³/mol. The molecule has 29 heavy (non-hydrogen) atoms. The average Bonchev–Trinajstić information content (AvgIpc) is 3.03. The van der Waals surface area contributed by atoms with Crippen molar-refractivity contribution < 1.29 is 4.79 Å². The molecule has 162 valence electrons. The summed E-state index contributed by atoms with van der Waals surface area (Å²) in [4.78, 5) is 12.1. The van der Waals surface area contributed by atoms with E-state index in [-0.39, 0.29) is 0 Å². The van der Waals surface area contributed by atoms with Crippen LogP contribution in [0, 0.1) is 46.3 Å². The second-order valence-electron chi connectivity index (χ2n) is 12.0. The average molecular weight is 397 g/mol. The summed E-state index contributed by atoms with van der Waals surface area (Å²) >= 11 is 0. The first-order valence-electron chi connectivity index (χ1n) is 12.6. The van der Waals surface area contributed by atoms with Gasteiger partial charge in [-0.15, -0.1) is 0 Å². The zero-order chi connectivity index (χ0) is 21.0. The van der Waals surface area contributed by atoms with Gasteiger partial charge in [0, 0.05) is 12.8 Å². The predicted octanol–water partition coefficient (Wildman–Crippen LogP) is 7.76. The molecule has 0 aliphatic heterocycles. The highest BCUT2D eigenvalue weighted by Gasteiger charge is 2.58. The van der Waals surface area contributed by atoms with E-state index in [9.17, 15) is 4.79 Å². The SMILES string of the molecule is C=C(CCC(C)C1CCC2C3=CCC4CC(=O)CCC4(C)C3CCC21C)C(C)C. The van der Waals surface area contributed by atoms with Crippen molar-refractivity contribution in [1.29, 1.82) is 0 Å². The lowest BCUT2D eigenvalue weighted by atomic mass is 9.47. The number of carbonyl (C=O) groups excluding carboxylic acids is 1. The molecule has 7 unspecified atom stereocenters. The lowest BCUT2D eigenvalue weighted by Gasteiger charge is -2.57. The molecule has 4 rings (SSSR count). The quantitative estimate of drug-likeness (QED) is 0.434. The molecule has 3 saturated carbocycles. The highest BCUT2D eigenvalue weighted by atomic mass is 16.1. The number of carbonyl (C=O) groups is 1. The number of ketones is 1. The Bertz CT molecular complexity index is 699. The molecule has 1 nitrogen and oxygen atoms in total. The second-order valence-corrected chi connectivity index (χ2v) is 12.0. The maximum absolute atomic E-state index is 12.1. The van der Waals surface area contributed by atoms with Crippen LogP contribution >= 0.6 is 0 Å². The third-order valence-electron chi connectivity index (χ3n) is 10.4. The van der Waals surface area contributed by atoms with E-state index in [2.05, 4.69) is 47.3 Å². The summed E-state index contributed by atoms with van der Waals surface area (Å²) in [5.41, 5.74) is 4.14. The Morgan fingerprint density at radius 2 is 1.83 bits per heavy atom. The van der Waals surface area contributed by atoms with E-state index in [1.807, 2.05) is 5.57 Å². The number of hydrogen-bond acceptors (Lipinski definition) is 1. The molecule has 1 heteroatoms. The zero-order valence-corrected chi connectivity index (χ0v) is 19.7. The van der Waals surface area contributed by atoms with Crippen LogP contribution in [-0.2, 0) is 4.79 Å². The topological polar surface area (TPSA) is 17.1 Å². The van der Waals surface area contributed by atoms with Gasteiger partial charge in [-0.25, -0.2) is 0 Å². The van der Waals surface area contributed by atoms with E-state index in [4.69, 9.17) is 0 Å². The third kappa shape index (κ3) is 3.49. The fraction of sp³-hybridized carbons (Fsp3) is 0.821. The van der Waals surface area contributed by atoms with E-state index in [0.29, 0.717) is 28.4 Å². The first kappa shape index (κ1) is 21.4. The van der Waals surface area contributed by atoms with Crippen molar-refractivity contribution in [1.82, 2.24) is 0 Å². The van der Waals surface area contributed by atoms with E-state index in [0.717, 1.165) is 49.4 Å². The molecule has 0 radical (unpaired) electrons. The Kier molecular flexibility index (Phi) is 5.67. The number of Topliss-reactive ketones (excluding diaryl/α,β-unsaturated/α-hetero) is 1. The summed E-state index contributed by atoms with van der Waals surface area (Å²) < 4.78 is 0. The van der Waals surface area contributed by atoms with Crippen molar-refractivity contribution in [2.45, 2.75) is 98.8 Å². The molecule has 0 bridgehead atoms. The molecule has 0 aromatic rings. The van der Waals surface area contributed by atoms with Gasteiger partial charge in [0.1, 0.15) is 5.78 Å². The van der Waals surface area contributed by atoms with Gasteiger partial charge in [-0.05, 0) is 97.7 Å². The largest absolute Gasteiger partial charge is 0.300 e. The summed E-state index contributed by atoms with van der Waals surface area (Å²) in [6.45, 7) is 16.6. The Morgan fingerprint density at radius 3 is 2.55 bits per heavy atom. The van der Waals surface area contributed by atoms with Crippen LogP contribution in [0.3, 0.4) is 0 Å². The van der Waals surface area contributed by atoms with E-state index >= 15 is 0 Å². The summed E-state index contributed by atoms with van der Waals surface area (Å²) in [5, 5.41) is 0. The van der Waals surface area contributed by atoms with Gasteiger partial charge < -0.3 is 0 Å².